The summed E-state index contributed by atoms with van der Waals surface area (Å²) in [4.78, 5) is 24.4. The molecule has 0 atom stereocenters. The van der Waals surface area contributed by atoms with Gasteiger partial charge in [0.25, 0.3) is 0 Å². The number of aliphatic hydroxyl groups is 1. The third-order valence-electron chi connectivity index (χ3n) is 3.90. The number of hydrogen-bond donors (Lipinski definition) is 1. The van der Waals surface area contributed by atoms with Gasteiger partial charge in [-0.15, -0.1) is 0 Å². The predicted molar refractivity (Wildman–Crippen MR) is 78.3 cm³/mol. The van der Waals surface area contributed by atoms with Crippen LogP contribution in [-0.4, -0.2) is 22.2 Å². The smallest absolute Gasteiger partial charge is 0.343 e. The Morgan fingerprint density at radius 3 is 2.70 bits per heavy atom. The van der Waals surface area contributed by atoms with E-state index in [1.165, 1.54) is 6.20 Å². The summed E-state index contributed by atoms with van der Waals surface area (Å²) < 4.78 is 34.1. The average Bonchev–Trinajstić information content (AvgIpc) is 3.35. The zero-order chi connectivity index (χ0) is 16.7. The molecule has 0 saturated heterocycles. The van der Waals surface area contributed by atoms with Gasteiger partial charge in [0, 0.05) is 17.8 Å². The number of fused-ring (bicyclic) bond motifs is 1. The minimum atomic E-state index is -1.23. The number of carbonyl (C=O) groups is 1. The normalized spacial score (nSPS) is 14.3. The minimum absolute atomic E-state index is 0.0126. The van der Waals surface area contributed by atoms with Crippen molar-refractivity contribution in [3.8, 4) is 0 Å². The van der Waals surface area contributed by atoms with Gasteiger partial charge in [-0.25, -0.2) is 13.6 Å². The molecule has 0 bridgehead atoms. The molecular weight excluding hydrogens is 308 g/mol. The number of hydrogen-bond acceptors (Lipinski definition) is 4. The van der Waals surface area contributed by atoms with E-state index in [1.807, 2.05) is 0 Å². The summed E-state index contributed by atoms with van der Waals surface area (Å²) in [7, 11) is 0. The van der Waals surface area contributed by atoms with E-state index in [0.29, 0.717) is 0 Å². The standard InChI is InChI=1S/C16H15F2NO4/c1-2-23-16(22)10-6-19(8-3-4-8)14-9(15(10)21)5-12(17)13(18)11(14)7-20/h5-6,8,20H,2-4,7H2,1H3. The molecule has 1 N–H and O–H groups in total. The molecule has 1 aromatic heterocycles. The molecule has 1 aromatic carbocycles. The Hall–Kier alpha value is -2.28. The third kappa shape index (κ3) is 2.50. The van der Waals surface area contributed by atoms with E-state index in [-0.39, 0.29) is 34.7 Å². The van der Waals surface area contributed by atoms with Crippen LogP contribution in [0.3, 0.4) is 0 Å². The van der Waals surface area contributed by atoms with Crippen LogP contribution in [0.1, 0.15) is 41.7 Å². The summed E-state index contributed by atoms with van der Waals surface area (Å²) in [6.45, 7) is 0.960. The number of benzene rings is 1. The molecule has 5 nitrogen and oxygen atoms in total. The largest absolute Gasteiger partial charge is 0.462 e. The van der Waals surface area contributed by atoms with Crippen LogP contribution < -0.4 is 5.43 Å². The van der Waals surface area contributed by atoms with E-state index < -0.39 is 29.6 Å². The molecule has 0 radical (unpaired) electrons. The lowest BCUT2D eigenvalue weighted by Gasteiger charge is -2.16. The van der Waals surface area contributed by atoms with Crippen molar-refractivity contribution in [3.63, 3.8) is 0 Å². The van der Waals surface area contributed by atoms with Crippen molar-refractivity contribution in [2.24, 2.45) is 0 Å². The summed E-state index contributed by atoms with van der Waals surface area (Å²) in [5.41, 5.74) is -1.10. The molecule has 0 aliphatic heterocycles. The summed E-state index contributed by atoms with van der Waals surface area (Å²) in [6.07, 6.45) is 2.91. The number of halogens is 2. The molecule has 1 fully saturated rings. The van der Waals surface area contributed by atoms with Crippen molar-refractivity contribution in [1.82, 2.24) is 4.57 Å². The van der Waals surface area contributed by atoms with Gasteiger partial charge in [-0.05, 0) is 25.8 Å². The van der Waals surface area contributed by atoms with Gasteiger partial charge in [-0.2, -0.15) is 0 Å². The van der Waals surface area contributed by atoms with Gasteiger partial charge in [0.05, 0.1) is 24.1 Å². The van der Waals surface area contributed by atoms with Gasteiger partial charge in [-0.3, -0.25) is 4.79 Å². The highest BCUT2D eigenvalue weighted by Gasteiger charge is 2.29. The average molecular weight is 323 g/mol. The lowest BCUT2D eigenvalue weighted by molar-refractivity contribution is 0.0524. The maximum Gasteiger partial charge on any atom is 0.343 e. The molecule has 122 valence electrons. The maximum absolute atomic E-state index is 14.0. The Kier molecular flexibility index (Phi) is 3.89. The molecule has 0 spiro atoms. The second-order valence-corrected chi connectivity index (χ2v) is 5.44. The Morgan fingerprint density at radius 2 is 2.13 bits per heavy atom. The van der Waals surface area contributed by atoms with E-state index in [1.54, 1.807) is 11.5 Å². The first-order chi connectivity index (χ1) is 11.0. The van der Waals surface area contributed by atoms with E-state index >= 15 is 0 Å². The highest BCUT2D eigenvalue weighted by Crippen LogP contribution is 2.38. The summed E-state index contributed by atoms with van der Waals surface area (Å²) in [5.74, 6) is -3.22. The molecule has 1 heterocycles. The number of ether oxygens (including phenoxy) is 1. The monoisotopic (exact) mass is 323 g/mol. The lowest BCUT2D eigenvalue weighted by Crippen LogP contribution is -2.22. The fourth-order valence-electron chi connectivity index (χ4n) is 2.68. The van der Waals surface area contributed by atoms with E-state index in [0.717, 1.165) is 18.9 Å². The van der Waals surface area contributed by atoms with E-state index in [4.69, 9.17) is 4.74 Å². The predicted octanol–water partition coefficient (Wildman–Crippen LogP) is 2.28. The third-order valence-corrected chi connectivity index (χ3v) is 3.90. The van der Waals surface area contributed by atoms with Crippen molar-refractivity contribution in [3.05, 3.63) is 45.2 Å². The first-order valence-corrected chi connectivity index (χ1v) is 7.33. The molecule has 1 aliphatic carbocycles. The van der Waals surface area contributed by atoms with Crippen LogP contribution in [0.4, 0.5) is 8.78 Å². The van der Waals surface area contributed by atoms with Gasteiger partial charge < -0.3 is 14.4 Å². The number of carbonyl (C=O) groups excluding carboxylic acids is 1. The van der Waals surface area contributed by atoms with Crippen LogP contribution in [-0.2, 0) is 11.3 Å². The topological polar surface area (TPSA) is 68.5 Å². The Labute approximate surface area is 130 Å². The zero-order valence-corrected chi connectivity index (χ0v) is 12.4. The maximum atomic E-state index is 14.0. The summed E-state index contributed by atoms with van der Waals surface area (Å²) in [6, 6.07) is 0.759. The van der Waals surface area contributed by atoms with Gasteiger partial charge in [0.1, 0.15) is 5.56 Å². The van der Waals surface area contributed by atoms with Crippen molar-refractivity contribution in [2.75, 3.05) is 6.61 Å². The highest BCUT2D eigenvalue weighted by molar-refractivity contribution is 5.94. The molecule has 23 heavy (non-hydrogen) atoms. The van der Waals surface area contributed by atoms with E-state index in [9.17, 15) is 23.5 Å². The number of rotatable bonds is 4. The summed E-state index contributed by atoms with van der Waals surface area (Å²) in [5, 5.41) is 9.27. The van der Waals surface area contributed by atoms with Gasteiger partial charge >= 0.3 is 5.97 Å². The fraction of sp³-hybridized carbons (Fsp3) is 0.375. The number of aliphatic hydroxyl groups excluding tert-OH is 1. The highest BCUT2D eigenvalue weighted by atomic mass is 19.2. The molecule has 3 rings (SSSR count). The molecule has 0 amide bonds. The van der Waals surface area contributed by atoms with Crippen LogP contribution in [0.2, 0.25) is 0 Å². The van der Waals surface area contributed by atoms with Crippen molar-refractivity contribution in [1.29, 1.82) is 0 Å². The second kappa shape index (κ2) is 5.73. The number of nitrogens with zero attached hydrogens (tertiary/aromatic N) is 1. The van der Waals surface area contributed by atoms with Gasteiger partial charge in [0.15, 0.2) is 11.6 Å². The quantitative estimate of drug-likeness (QED) is 0.877. The molecule has 0 unspecified atom stereocenters. The van der Waals surface area contributed by atoms with Crippen molar-refractivity contribution in [2.45, 2.75) is 32.4 Å². The summed E-state index contributed by atoms with van der Waals surface area (Å²) >= 11 is 0. The SMILES string of the molecule is CCOC(=O)c1cn(C2CC2)c2c(CO)c(F)c(F)cc2c1=O. The van der Waals surface area contributed by atoms with Gasteiger partial charge in [-0.1, -0.05) is 0 Å². The van der Waals surface area contributed by atoms with Crippen LogP contribution in [0, 0.1) is 11.6 Å². The van der Waals surface area contributed by atoms with Crippen LogP contribution in [0.15, 0.2) is 17.1 Å². The molecule has 1 saturated carbocycles. The Balaban J connectivity index is 2.40. The molecule has 7 heteroatoms. The van der Waals surface area contributed by atoms with E-state index in [2.05, 4.69) is 0 Å². The van der Waals surface area contributed by atoms with Crippen LogP contribution in [0.5, 0.6) is 0 Å². The first-order valence-electron chi connectivity index (χ1n) is 7.33. The molecule has 1 aliphatic rings. The van der Waals surface area contributed by atoms with Crippen LogP contribution in [0.25, 0.3) is 10.9 Å². The second-order valence-electron chi connectivity index (χ2n) is 5.44. The number of esters is 1. The Bertz CT molecular complexity index is 856. The minimum Gasteiger partial charge on any atom is -0.462 e. The van der Waals surface area contributed by atoms with Crippen molar-refractivity contribution >= 4 is 16.9 Å². The molecule has 2 aromatic rings. The fourth-order valence-corrected chi connectivity index (χ4v) is 2.68. The van der Waals surface area contributed by atoms with Crippen LogP contribution >= 0.6 is 0 Å². The Morgan fingerprint density at radius 1 is 1.43 bits per heavy atom. The number of pyridine rings is 1. The lowest BCUT2D eigenvalue weighted by atomic mass is 10.1. The first kappa shape index (κ1) is 15.6. The zero-order valence-electron chi connectivity index (χ0n) is 12.4. The van der Waals surface area contributed by atoms with Gasteiger partial charge in [0.2, 0.25) is 5.43 Å². The van der Waals surface area contributed by atoms with Crippen molar-refractivity contribution < 1.29 is 23.4 Å². The molecular formula is C16H15F2NO4. The number of aromatic nitrogens is 1.